The highest BCUT2D eigenvalue weighted by atomic mass is 16.7. The maximum absolute atomic E-state index is 12.5. The first-order chi connectivity index (χ1) is 11.7. The minimum atomic E-state index is -0.151. The number of hydrogen-bond acceptors (Lipinski definition) is 5. The molecule has 2 aliphatic heterocycles. The number of ether oxygens (including phenoxy) is 4. The Bertz CT molecular complexity index is 802. The van der Waals surface area contributed by atoms with Crippen LogP contribution in [-0.2, 0) is 6.54 Å². The van der Waals surface area contributed by atoms with Crippen LogP contribution in [0.1, 0.15) is 21.5 Å². The van der Waals surface area contributed by atoms with Gasteiger partial charge in [0.15, 0.2) is 23.0 Å². The lowest BCUT2D eigenvalue weighted by Crippen LogP contribution is -2.24. The molecule has 0 saturated carbocycles. The molecule has 0 bridgehead atoms. The Morgan fingerprint density at radius 1 is 0.958 bits per heavy atom. The molecule has 4 rings (SSSR count). The van der Waals surface area contributed by atoms with Crippen LogP contribution in [0.2, 0.25) is 0 Å². The molecule has 0 radical (unpaired) electrons. The van der Waals surface area contributed by atoms with Gasteiger partial charge in [-0.3, -0.25) is 4.79 Å². The van der Waals surface area contributed by atoms with E-state index in [0.29, 0.717) is 42.6 Å². The summed E-state index contributed by atoms with van der Waals surface area (Å²) in [5.41, 5.74) is 2.38. The van der Waals surface area contributed by atoms with Gasteiger partial charge in [-0.25, -0.2) is 0 Å². The summed E-state index contributed by atoms with van der Waals surface area (Å²) in [6, 6.07) is 9.20. The fourth-order valence-electron chi connectivity index (χ4n) is 2.76. The summed E-state index contributed by atoms with van der Waals surface area (Å²) in [5.74, 6) is 2.58. The lowest BCUT2D eigenvalue weighted by atomic mass is 10.1. The maximum Gasteiger partial charge on any atom is 0.251 e. The molecule has 0 saturated heterocycles. The van der Waals surface area contributed by atoms with Crippen LogP contribution in [0.15, 0.2) is 30.3 Å². The van der Waals surface area contributed by atoms with E-state index in [-0.39, 0.29) is 12.7 Å². The van der Waals surface area contributed by atoms with Gasteiger partial charge in [0.1, 0.15) is 13.2 Å². The minimum Gasteiger partial charge on any atom is -0.486 e. The standard InChI is InChI=1S/C18H17NO5/c1-11-6-15-17(22-5-4-21-15)8-13(11)18(20)19-9-12-2-3-14-16(7-12)24-10-23-14/h2-3,6-8H,4-5,9-10H2,1H3,(H,19,20). The van der Waals surface area contributed by atoms with Gasteiger partial charge in [-0.2, -0.15) is 0 Å². The second kappa shape index (κ2) is 5.96. The van der Waals surface area contributed by atoms with Gasteiger partial charge in [-0.15, -0.1) is 0 Å². The minimum absolute atomic E-state index is 0.151. The summed E-state index contributed by atoms with van der Waals surface area (Å²) in [4.78, 5) is 12.5. The van der Waals surface area contributed by atoms with Crippen molar-refractivity contribution in [2.24, 2.45) is 0 Å². The van der Waals surface area contributed by atoms with Crippen molar-refractivity contribution in [2.45, 2.75) is 13.5 Å². The molecule has 6 nitrogen and oxygen atoms in total. The number of carbonyl (C=O) groups is 1. The van der Waals surface area contributed by atoms with Crippen molar-refractivity contribution in [3.63, 3.8) is 0 Å². The second-order valence-electron chi connectivity index (χ2n) is 5.68. The highest BCUT2D eigenvalue weighted by Crippen LogP contribution is 2.34. The molecule has 2 aromatic carbocycles. The molecule has 2 aliphatic rings. The molecule has 24 heavy (non-hydrogen) atoms. The number of nitrogens with one attached hydrogen (secondary N) is 1. The first-order valence-corrected chi connectivity index (χ1v) is 7.78. The summed E-state index contributed by atoms with van der Waals surface area (Å²) >= 11 is 0. The second-order valence-corrected chi connectivity index (χ2v) is 5.68. The van der Waals surface area contributed by atoms with Gasteiger partial charge in [-0.1, -0.05) is 6.07 Å². The quantitative estimate of drug-likeness (QED) is 0.938. The number of aryl methyl sites for hydroxylation is 1. The average molecular weight is 327 g/mol. The monoisotopic (exact) mass is 327 g/mol. The highest BCUT2D eigenvalue weighted by Gasteiger charge is 2.18. The largest absolute Gasteiger partial charge is 0.486 e. The van der Waals surface area contributed by atoms with Crippen molar-refractivity contribution in [3.8, 4) is 23.0 Å². The van der Waals surface area contributed by atoms with Crippen molar-refractivity contribution in [3.05, 3.63) is 47.0 Å². The summed E-state index contributed by atoms with van der Waals surface area (Å²) in [7, 11) is 0. The molecule has 0 aromatic heterocycles. The molecule has 1 N–H and O–H groups in total. The Morgan fingerprint density at radius 2 is 1.67 bits per heavy atom. The molecular weight excluding hydrogens is 310 g/mol. The van der Waals surface area contributed by atoms with Crippen LogP contribution in [0.3, 0.4) is 0 Å². The molecular formula is C18H17NO5. The van der Waals surface area contributed by atoms with Gasteiger partial charge in [0.05, 0.1) is 0 Å². The first-order valence-electron chi connectivity index (χ1n) is 7.78. The van der Waals surface area contributed by atoms with Gasteiger partial charge in [0.2, 0.25) is 6.79 Å². The van der Waals surface area contributed by atoms with E-state index in [9.17, 15) is 4.79 Å². The van der Waals surface area contributed by atoms with Crippen LogP contribution in [0.4, 0.5) is 0 Å². The van der Waals surface area contributed by atoms with Crippen molar-refractivity contribution >= 4 is 5.91 Å². The zero-order chi connectivity index (χ0) is 16.5. The van der Waals surface area contributed by atoms with Gasteiger partial charge in [0, 0.05) is 12.1 Å². The summed E-state index contributed by atoms with van der Waals surface area (Å²) in [5, 5.41) is 2.92. The van der Waals surface area contributed by atoms with Crippen LogP contribution in [0, 0.1) is 6.92 Å². The third kappa shape index (κ3) is 2.71. The smallest absolute Gasteiger partial charge is 0.251 e. The SMILES string of the molecule is Cc1cc2c(cc1C(=O)NCc1ccc3c(c1)OCO3)OCCO2. The molecule has 124 valence electrons. The van der Waals surface area contributed by atoms with Crippen molar-refractivity contribution in [2.75, 3.05) is 20.0 Å². The topological polar surface area (TPSA) is 66.0 Å². The van der Waals surface area contributed by atoms with E-state index in [1.807, 2.05) is 31.2 Å². The lowest BCUT2D eigenvalue weighted by molar-refractivity contribution is 0.0949. The van der Waals surface area contributed by atoms with Crippen LogP contribution in [0.25, 0.3) is 0 Å². The normalized spacial score (nSPS) is 14.4. The van der Waals surface area contributed by atoms with Crippen molar-refractivity contribution < 1.29 is 23.7 Å². The van der Waals surface area contributed by atoms with Gasteiger partial charge in [-0.05, 0) is 42.3 Å². The zero-order valence-electron chi connectivity index (χ0n) is 13.3. The summed E-state index contributed by atoms with van der Waals surface area (Å²) in [6.45, 7) is 3.55. The molecule has 0 fully saturated rings. The van der Waals surface area contributed by atoms with Gasteiger partial charge in [0.25, 0.3) is 5.91 Å². The van der Waals surface area contributed by atoms with Crippen LogP contribution in [0.5, 0.6) is 23.0 Å². The lowest BCUT2D eigenvalue weighted by Gasteiger charge is -2.20. The van der Waals surface area contributed by atoms with Crippen molar-refractivity contribution in [1.29, 1.82) is 0 Å². The molecule has 0 atom stereocenters. The first kappa shape index (κ1) is 14.7. The molecule has 6 heteroatoms. The number of hydrogen-bond donors (Lipinski definition) is 1. The zero-order valence-corrected chi connectivity index (χ0v) is 13.3. The third-order valence-corrected chi connectivity index (χ3v) is 4.02. The van der Waals surface area contributed by atoms with Gasteiger partial charge >= 0.3 is 0 Å². The molecule has 2 heterocycles. The Kier molecular flexibility index (Phi) is 3.65. The number of benzene rings is 2. The average Bonchev–Trinajstić information content (AvgIpc) is 3.06. The number of amides is 1. The molecule has 0 unspecified atom stereocenters. The van der Waals surface area contributed by atoms with E-state index in [0.717, 1.165) is 16.9 Å². The number of carbonyl (C=O) groups excluding carboxylic acids is 1. The van der Waals surface area contributed by atoms with Gasteiger partial charge < -0.3 is 24.3 Å². The van der Waals surface area contributed by atoms with Crippen LogP contribution < -0.4 is 24.3 Å². The van der Waals surface area contributed by atoms with E-state index in [1.54, 1.807) is 6.07 Å². The van der Waals surface area contributed by atoms with E-state index < -0.39 is 0 Å². The Balaban J connectivity index is 1.48. The molecule has 1 amide bonds. The van der Waals surface area contributed by atoms with Crippen LogP contribution in [-0.4, -0.2) is 25.9 Å². The predicted octanol–water partition coefficient (Wildman–Crippen LogP) is 2.42. The van der Waals surface area contributed by atoms with E-state index in [1.165, 1.54) is 0 Å². The molecule has 2 aromatic rings. The Labute approximate surface area is 139 Å². The fraction of sp³-hybridized carbons (Fsp3) is 0.278. The maximum atomic E-state index is 12.5. The number of fused-ring (bicyclic) bond motifs is 2. The fourth-order valence-corrected chi connectivity index (χ4v) is 2.76. The third-order valence-electron chi connectivity index (χ3n) is 4.02. The van der Waals surface area contributed by atoms with Crippen LogP contribution >= 0.6 is 0 Å². The predicted molar refractivity (Wildman–Crippen MR) is 85.9 cm³/mol. The molecule has 0 spiro atoms. The van der Waals surface area contributed by atoms with E-state index >= 15 is 0 Å². The van der Waals surface area contributed by atoms with E-state index in [2.05, 4.69) is 5.32 Å². The van der Waals surface area contributed by atoms with E-state index in [4.69, 9.17) is 18.9 Å². The summed E-state index contributed by atoms with van der Waals surface area (Å²) in [6.07, 6.45) is 0. The number of rotatable bonds is 3. The highest BCUT2D eigenvalue weighted by molar-refractivity contribution is 5.96. The Hall–Kier alpha value is -2.89. The van der Waals surface area contributed by atoms with Crippen molar-refractivity contribution in [1.82, 2.24) is 5.32 Å². The summed E-state index contributed by atoms with van der Waals surface area (Å²) < 4.78 is 21.7. The Morgan fingerprint density at radius 3 is 2.50 bits per heavy atom. The molecule has 0 aliphatic carbocycles.